The lowest BCUT2D eigenvalue weighted by atomic mass is 10.0. The van der Waals surface area contributed by atoms with Gasteiger partial charge in [0, 0.05) is 36.3 Å². The van der Waals surface area contributed by atoms with E-state index in [9.17, 15) is 18.0 Å². The Morgan fingerprint density at radius 3 is 2.29 bits per heavy atom. The second-order valence-electron chi connectivity index (χ2n) is 10.7. The number of hydrogen-bond donors (Lipinski definition) is 1. The molecule has 7 nitrogen and oxygen atoms in total. The van der Waals surface area contributed by atoms with Gasteiger partial charge in [0.2, 0.25) is 9.84 Å². The molecule has 2 aliphatic heterocycles. The van der Waals surface area contributed by atoms with Crippen molar-refractivity contribution in [3.8, 4) is 0 Å². The molecular formula is C33H30ClN3O4S. The maximum atomic E-state index is 13.9. The molecule has 42 heavy (non-hydrogen) atoms. The summed E-state index contributed by atoms with van der Waals surface area (Å²) in [4.78, 5) is 31.0. The van der Waals surface area contributed by atoms with E-state index in [1.165, 1.54) is 40.8 Å². The van der Waals surface area contributed by atoms with Crippen LogP contribution in [0.25, 0.3) is 0 Å². The molecule has 0 aromatic heterocycles. The Balaban J connectivity index is 1.27. The molecule has 0 unspecified atom stereocenters. The highest BCUT2D eigenvalue weighted by Crippen LogP contribution is 2.38. The molecule has 0 atom stereocenters. The van der Waals surface area contributed by atoms with Gasteiger partial charge in [0.1, 0.15) is 0 Å². The molecule has 4 aromatic rings. The molecule has 214 valence electrons. The van der Waals surface area contributed by atoms with Crippen LogP contribution in [0.15, 0.2) is 107 Å². The number of fused-ring (bicyclic) bond motifs is 2. The molecule has 1 saturated heterocycles. The van der Waals surface area contributed by atoms with Gasteiger partial charge in [-0.25, -0.2) is 8.42 Å². The monoisotopic (exact) mass is 599 g/mol. The van der Waals surface area contributed by atoms with Gasteiger partial charge in [0.25, 0.3) is 11.8 Å². The standard InChI is InChI=1S/C33H30ClN3O4S/c34-26-10-6-9-24(19-26)22-37-29-20-25(13-14-31(29)42(40,41)30-12-5-4-11-28(30)33(37)39)32(38)35-27-15-17-36(18-16-27)21-23-7-2-1-3-8-23/h1-14,19-20,27H,15-18,21-22H2,(H,35,38). The highest BCUT2D eigenvalue weighted by molar-refractivity contribution is 7.91. The van der Waals surface area contributed by atoms with E-state index in [4.69, 9.17) is 11.6 Å². The zero-order valence-electron chi connectivity index (χ0n) is 22.9. The number of anilines is 1. The van der Waals surface area contributed by atoms with Gasteiger partial charge in [-0.05, 0) is 66.4 Å². The normalized spacial score (nSPS) is 16.8. The van der Waals surface area contributed by atoms with Gasteiger partial charge in [-0.15, -0.1) is 0 Å². The predicted octanol–water partition coefficient (Wildman–Crippen LogP) is 5.73. The Labute approximate surface area is 250 Å². The van der Waals surface area contributed by atoms with E-state index in [0.717, 1.165) is 38.0 Å². The zero-order valence-corrected chi connectivity index (χ0v) is 24.4. The molecule has 2 aliphatic rings. The van der Waals surface area contributed by atoms with Crippen molar-refractivity contribution in [1.29, 1.82) is 0 Å². The number of carbonyl (C=O) groups is 2. The van der Waals surface area contributed by atoms with Crippen molar-refractivity contribution in [2.75, 3.05) is 18.0 Å². The molecule has 1 N–H and O–H groups in total. The van der Waals surface area contributed by atoms with Crippen LogP contribution in [0.5, 0.6) is 0 Å². The summed E-state index contributed by atoms with van der Waals surface area (Å²) in [5, 5.41) is 3.63. The van der Waals surface area contributed by atoms with Crippen molar-refractivity contribution in [1.82, 2.24) is 10.2 Å². The summed E-state index contributed by atoms with van der Waals surface area (Å²) in [6.07, 6.45) is 1.62. The van der Waals surface area contributed by atoms with Gasteiger partial charge in [0.05, 0.1) is 27.6 Å². The fourth-order valence-corrected chi connectivity index (χ4v) is 7.51. The van der Waals surface area contributed by atoms with Crippen LogP contribution in [0, 0.1) is 0 Å². The van der Waals surface area contributed by atoms with Crippen molar-refractivity contribution in [2.45, 2.75) is 41.8 Å². The molecule has 0 bridgehead atoms. The van der Waals surface area contributed by atoms with Gasteiger partial charge in [-0.1, -0.05) is 66.2 Å². The fourth-order valence-electron chi connectivity index (χ4n) is 5.67. The van der Waals surface area contributed by atoms with Crippen LogP contribution in [-0.2, 0) is 22.9 Å². The van der Waals surface area contributed by atoms with Gasteiger partial charge < -0.3 is 10.2 Å². The Kier molecular flexibility index (Phi) is 7.86. The van der Waals surface area contributed by atoms with E-state index in [-0.39, 0.29) is 39.5 Å². The molecule has 2 heterocycles. The Morgan fingerprint density at radius 1 is 0.810 bits per heavy atom. The van der Waals surface area contributed by atoms with Crippen LogP contribution in [-0.4, -0.2) is 44.3 Å². The minimum Gasteiger partial charge on any atom is -0.349 e. The molecule has 0 spiro atoms. The number of benzene rings is 4. The van der Waals surface area contributed by atoms with Crippen molar-refractivity contribution < 1.29 is 18.0 Å². The van der Waals surface area contributed by atoms with E-state index >= 15 is 0 Å². The first-order valence-electron chi connectivity index (χ1n) is 13.9. The minimum atomic E-state index is -4.03. The first kappa shape index (κ1) is 28.2. The van der Waals surface area contributed by atoms with Crippen molar-refractivity contribution in [2.24, 2.45) is 0 Å². The number of nitrogens with one attached hydrogen (secondary N) is 1. The lowest BCUT2D eigenvalue weighted by Crippen LogP contribution is -2.44. The molecular weight excluding hydrogens is 570 g/mol. The number of likely N-dealkylation sites (tertiary alicyclic amines) is 1. The molecule has 0 saturated carbocycles. The molecule has 9 heteroatoms. The number of rotatable bonds is 6. The second-order valence-corrected chi connectivity index (χ2v) is 13.0. The summed E-state index contributed by atoms with van der Waals surface area (Å²) in [7, 11) is -4.03. The SMILES string of the molecule is O=C(NC1CCN(Cc2ccccc2)CC1)c1ccc2c(c1)N(Cc1cccc(Cl)c1)C(=O)c1ccccc1S2(=O)=O. The number of amides is 2. The molecule has 1 fully saturated rings. The summed E-state index contributed by atoms with van der Waals surface area (Å²) in [5.41, 5.74) is 2.55. The fraction of sp³-hybridized carbons (Fsp3) is 0.212. The van der Waals surface area contributed by atoms with Crippen LogP contribution in [0.2, 0.25) is 5.02 Å². The first-order chi connectivity index (χ1) is 20.3. The number of hydrogen-bond acceptors (Lipinski definition) is 5. The predicted molar refractivity (Wildman–Crippen MR) is 163 cm³/mol. The van der Waals surface area contributed by atoms with Gasteiger partial charge in [-0.2, -0.15) is 0 Å². The van der Waals surface area contributed by atoms with E-state index in [1.54, 1.807) is 30.3 Å². The summed E-state index contributed by atoms with van der Waals surface area (Å²) in [5.74, 6) is -0.759. The highest BCUT2D eigenvalue weighted by atomic mass is 35.5. The number of carbonyl (C=O) groups excluding carboxylic acids is 2. The van der Waals surface area contributed by atoms with Crippen LogP contribution >= 0.6 is 11.6 Å². The average molecular weight is 600 g/mol. The lowest BCUT2D eigenvalue weighted by molar-refractivity contribution is 0.0907. The first-order valence-corrected chi connectivity index (χ1v) is 15.8. The molecule has 0 aliphatic carbocycles. The minimum absolute atomic E-state index is 0.000478. The van der Waals surface area contributed by atoms with Crippen molar-refractivity contribution in [3.05, 3.63) is 124 Å². The van der Waals surface area contributed by atoms with Crippen molar-refractivity contribution in [3.63, 3.8) is 0 Å². The zero-order chi connectivity index (χ0) is 29.3. The van der Waals surface area contributed by atoms with E-state index in [2.05, 4.69) is 22.3 Å². The molecule has 2 amide bonds. The smallest absolute Gasteiger partial charge is 0.259 e. The number of sulfone groups is 1. The Bertz CT molecular complexity index is 1750. The summed E-state index contributed by atoms with van der Waals surface area (Å²) >= 11 is 6.21. The molecule has 0 radical (unpaired) electrons. The number of halogens is 1. The maximum absolute atomic E-state index is 13.9. The highest BCUT2D eigenvalue weighted by Gasteiger charge is 2.36. The largest absolute Gasteiger partial charge is 0.349 e. The van der Waals surface area contributed by atoms with Crippen LogP contribution in [0.4, 0.5) is 5.69 Å². The van der Waals surface area contributed by atoms with Gasteiger partial charge in [-0.3, -0.25) is 14.5 Å². The van der Waals surface area contributed by atoms with Crippen LogP contribution < -0.4 is 10.2 Å². The maximum Gasteiger partial charge on any atom is 0.259 e. The average Bonchev–Trinajstić information content (AvgIpc) is 3.06. The van der Waals surface area contributed by atoms with Gasteiger partial charge in [0.15, 0.2) is 0 Å². The summed E-state index contributed by atoms with van der Waals surface area (Å²) < 4.78 is 27.5. The van der Waals surface area contributed by atoms with E-state index < -0.39 is 15.7 Å². The van der Waals surface area contributed by atoms with Crippen LogP contribution in [0.3, 0.4) is 0 Å². The third-order valence-electron chi connectivity index (χ3n) is 7.86. The Morgan fingerprint density at radius 2 is 1.52 bits per heavy atom. The third-order valence-corrected chi connectivity index (χ3v) is 9.95. The lowest BCUT2D eigenvalue weighted by Gasteiger charge is -2.32. The second kappa shape index (κ2) is 11.7. The third kappa shape index (κ3) is 5.70. The van der Waals surface area contributed by atoms with Crippen LogP contribution in [0.1, 0.15) is 44.7 Å². The van der Waals surface area contributed by atoms with Crippen molar-refractivity contribution >= 4 is 38.9 Å². The topological polar surface area (TPSA) is 86.8 Å². The quantitative estimate of drug-likeness (QED) is 0.306. The summed E-state index contributed by atoms with van der Waals surface area (Å²) in [6.45, 7) is 2.69. The Hall–Kier alpha value is -3.98. The van der Waals surface area contributed by atoms with E-state index in [1.807, 2.05) is 24.3 Å². The van der Waals surface area contributed by atoms with E-state index in [0.29, 0.717) is 10.6 Å². The molecule has 4 aromatic carbocycles. The number of nitrogens with zero attached hydrogens (tertiary/aromatic N) is 2. The number of piperidine rings is 1. The summed E-state index contributed by atoms with van der Waals surface area (Å²) in [6, 6.07) is 28.1. The van der Waals surface area contributed by atoms with Gasteiger partial charge >= 0.3 is 0 Å². The molecule has 6 rings (SSSR count).